The van der Waals surface area contributed by atoms with E-state index in [1.165, 1.54) is 6.07 Å². The predicted molar refractivity (Wildman–Crippen MR) is 66.9 cm³/mol. The molecular formula is C12H18FN3O2. The number of halogens is 1. The first kappa shape index (κ1) is 14.4. The van der Waals surface area contributed by atoms with Gasteiger partial charge in [0.2, 0.25) is 0 Å². The highest BCUT2D eigenvalue weighted by Crippen LogP contribution is 2.14. The van der Waals surface area contributed by atoms with Crippen LogP contribution in [0.1, 0.15) is 25.0 Å². The number of amidine groups is 1. The van der Waals surface area contributed by atoms with Crippen molar-refractivity contribution in [3.05, 3.63) is 35.1 Å². The standard InChI is InChI=1S/C12H18FN3O2/c1-12(2,7-17)15-6-8-4-3-5-9(10(8)13)11(14)16-18/h3-5,15,17-18H,6-7H2,1-2H3,(H2,14,16). The fraction of sp³-hybridized carbons (Fsp3) is 0.417. The minimum Gasteiger partial charge on any atom is -0.409 e. The van der Waals surface area contributed by atoms with Crippen LogP contribution in [0.5, 0.6) is 0 Å². The minimum absolute atomic E-state index is 0.0543. The maximum Gasteiger partial charge on any atom is 0.173 e. The van der Waals surface area contributed by atoms with Crippen LogP contribution in [0.3, 0.4) is 0 Å². The molecule has 0 saturated heterocycles. The number of nitrogens with two attached hydrogens (primary N) is 1. The van der Waals surface area contributed by atoms with Crippen molar-refractivity contribution in [2.45, 2.75) is 25.9 Å². The van der Waals surface area contributed by atoms with Crippen molar-refractivity contribution >= 4 is 5.84 Å². The van der Waals surface area contributed by atoms with Crippen molar-refractivity contribution in [1.29, 1.82) is 0 Å². The number of nitrogens with zero attached hydrogens (tertiary/aromatic N) is 1. The van der Waals surface area contributed by atoms with Gasteiger partial charge in [0, 0.05) is 17.6 Å². The Kier molecular flexibility index (Phi) is 4.63. The van der Waals surface area contributed by atoms with Crippen LogP contribution in [0, 0.1) is 5.82 Å². The maximum absolute atomic E-state index is 14.0. The average Bonchev–Trinajstić information content (AvgIpc) is 2.36. The Bertz CT molecular complexity index is 447. The predicted octanol–water partition coefficient (Wildman–Crippen LogP) is 0.781. The van der Waals surface area contributed by atoms with Crippen LogP contribution < -0.4 is 11.1 Å². The molecule has 0 saturated carbocycles. The molecule has 0 fully saturated rings. The number of hydrogen-bond donors (Lipinski definition) is 4. The quantitative estimate of drug-likeness (QED) is 0.271. The molecule has 0 aliphatic rings. The lowest BCUT2D eigenvalue weighted by Crippen LogP contribution is -2.42. The molecule has 0 bridgehead atoms. The van der Waals surface area contributed by atoms with E-state index in [2.05, 4.69) is 10.5 Å². The van der Waals surface area contributed by atoms with Gasteiger partial charge in [-0.3, -0.25) is 0 Å². The summed E-state index contributed by atoms with van der Waals surface area (Å²) >= 11 is 0. The first-order valence-corrected chi connectivity index (χ1v) is 5.52. The third-order valence-corrected chi connectivity index (χ3v) is 2.62. The summed E-state index contributed by atoms with van der Waals surface area (Å²) in [6.07, 6.45) is 0. The maximum atomic E-state index is 14.0. The van der Waals surface area contributed by atoms with E-state index in [1.54, 1.807) is 26.0 Å². The zero-order valence-corrected chi connectivity index (χ0v) is 10.4. The first-order valence-electron chi connectivity index (χ1n) is 5.52. The topological polar surface area (TPSA) is 90.9 Å². The number of aliphatic hydroxyl groups is 1. The van der Waals surface area contributed by atoms with E-state index in [0.717, 1.165) is 0 Å². The van der Waals surface area contributed by atoms with Crippen molar-refractivity contribution in [2.24, 2.45) is 10.9 Å². The smallest absolute Gasteiger partial charge is 0.173 e. The fourth-order valence-electron chi connectivity index (χ4n) is 1.36. The first-order chi connectivity index (χ1) is 8.41. The van der Waals surface area contributed by atoms with Gasteiger partial charge in [-0.2, -0.15) is 0 Å². The van der Waals surface area contributed by atoms with Crippen molar-refractivity contribution in [3.63, 3.8) is 0 Å². The summed E-state index contributed by atoms with van der Waals surface area (Å²) in [6, 6.07) is 4.66. The van der Waals surface area contributed by atoms with Crippen LogP contribution >= 0.6 is 0 Å². The second-order valence-corrected chi connectivity index (χ2v) is 4.66. The molecule has 1 rings (SSSR count). The zero-order chi connectivity index (χ0) is 13.8. The molecule has 5 N–H and O–H groups in total. The van der Waals surface area contributed by atoms with Crippen molar-refractivity contribution in [3.8, 4) is 0 Å². The van der Waals surface area contributed by atoms with Crippen LogP contribution in [0.4, 0.5) is 4.39 Å². The van der Waals surface area contributed by atoms with E-state index < -0.39 is 11.4 Å². The van der Waals surface area contributed by atoms with Gasteiger partial charge in [-0.1, -0.05) is 17.3 Å². The van der Waals surface area contributed by atoms with Crippen molar-refractivity contribution < 1.29 is 14.7 Å². The van der Waals surface area contributed by atoms with Crippen LogP contribution in [0.25, 0.3) is 0 Å². The van der Waals surface area contributed by atoms with Crippen LogP contribution in [-0.4, -0.2) is 28.3 Å². The molecule has 1 aromatic rings. The monoisotopic (exact) mass is 255 g/mol. The third kappa shape index (κ3) is 3.41. The Morgan fingerprint density at radius 1 is 1.50 bits per heavy atom. The van der Waals surface area contributed by atoms with Crippen LogP contribution in [0.15, 0.2) is 23.4 Å². The molecule has 0 aliphatic carbocycles. The third-order valence-electron chi connectivity index (χ3n) is 2.62. The second-order valence-electron chi connectivity index (χ2n) is 4.66. The highest BCUT2D eigenvalue weighted by molar-refractivity contribution is 5.97. The Morgan fingerprint density at radius 3 is 2.72 bits per heavy atom. The van der Waals surface area contributed by atoms with E-state index in [4.69, 9.17) is 16.0 Å². The molecule has 0 amide bonds. The van der Waals surface area contributed by atoms with E-state index in [0.29, 0.717) is 5.56 Å². The van der Waals surface area contributed by atoms with Gasteiger partial charge >= 0.3 is 0 Å². The molecule has 1 aromatic carbocycles. The average molecular weight is 255 g/mol. The van der Waals surface area contributed by atoms with E-state index in [-0.39, 0.29) is 24.6 Å². The Hall–Kier alpha value is -1.66. The minimum atomic E-state index is -0.533. The Balaban J connectivity index is 2.92. The fourth-order valence-corrected chi connectivity index (χ4v) is 1.36. The molecule has 0 heterocycles. The Morgan fingerprint density at radius 2 is 2.17 bits per heavy atom. The summed E-state index contributed by atoms with van der Waals surface area (Å²) in [5.74, 6) is -0.801. The number of hydrogen-bond acceptors (Lipinski definition) is 4. The molecular weight excluding hydrogens is 237 g/mol. The van der Waals surface area contributed by atoms with Gasteiger partial charge in [0.15, 0.2) is 5.84 Å². The van der Waals surface area contributed by atoms with E-state index >= 15 is 0 Å². The van der Waals surface area contributed by atoms with E-state index in [1.807, 2.05) is 0 Å². The highest BCUT2D eigenvalue weighted by atomic mass is 19.1. The van der Waals surface area contributed by atoms with Gasteiger partial charge in [0.25, 0.3) is 0 Å². The van der Waals surface area contributed by atoms with Gasteiger partial charge in [-0.25, -0.2) is 4.39 Å². The number of benzene rings is 1. The lowest BCUT2D eigenvalue weighted by atomic mass is 10.0. The molecule has 100 valence electrons. The summed E-state index contributed by atoms with van der Waals surface area (Å²) in [4.78, 5) is 0. The van der Waals surface area contributed by atoms with Crippen molar-refractivity contribution in [1.82, 2.24) is 5.32 Å². The van der Waals surface area contributed by atoms with Gasteiger partial charge in [0.05, 0.1) is 12.2 Å². The number of rotatable bonds is 5. The molecule has 0 spiro atoms. The largest absolute Gasteiger partial charge is 0.409 e. The van der Waals surface area contributed by atoms with Crippen LogP contribution in [0.2, 0.25) is 0 Å². The molecule has 0 aromatic heterocycles. The zero-order valence-electron chi connectivity index (χ0n) is 10.4. The highest BCUT2D eigenvalue weighted by Gasteiger charge is 2.17. The van der Waals surface area contributed by atoms with Crippen LogP contribution in [-0.2, 0) is 6.54 Å². The molecule has 0 unspecified atom stereocenters. The summed E-state index contributed by atoms with van der Waals surface area (Å²) in [7, 11) is 0. The number of nitrogens with one attached hydrogen (secondary N) is 1. The summed E-state index contributed by atoms with van der Waals surface area (Å²) in [5, 5.41) is 23.4. The molecule has 0 radical (unpaired) electrons. The van der Waals surface area contributed by atoms with Gasteiger partial charge in [0.1, 0.15) is 5.82 Å². The Labute approximate surface area is 105 Å². The lowest BCUT2D eigenvalue weighted by molar-refractivity contribution is 0.187. The molecule has 5 nitrogen and oxygen atoms in total. The van der Waals surface area contributed by atoms with E-state index in [9.17, 15) is 4.39 Å². The van der Waals surface area contributed by atoms with Gasteiger partial charge in [-0.15, -0.1) is 0 Å². The molecule has 0 atom stereocenters. The number of aliphatic hydroxyl groups excluding tert-OH is 1. The number of oxime groups is 1. The normalized spacial score (nSPS) is 12.8. The van der Waals surface area contributed by atoms with Gasteiger partial charge in [-0.05, 0) is 19.9 Å². The van der Waals surface area contributed by atoms with Gasteiger partial charge < -0.3 is 21.4 Å². The molecule has 18 heavy (non-hydrogen) atoms. The van der Waals surface area contributed by atoms with Crippen molar-refractivity contribution in [2.75, 3.05) is 6.61 Å². The second kappa shape index (κ2) is 5.79. The molecule has 6 heteroatoms. The summed E-state index contributed by atoms with van der Waals surface area (Å²) in [6.45, 7) is 3.79. The molecule has 0 aliphatic heterocycles. The lowest BCUT2D eigenvalue weighted by Gasteiger charge is -2.23. The summed E-state index contributed by atoms with van der Waals surface area (Å²) in [5.41, 5.74) is 5.31. The SMILES string of the molecule is CC(C)(CO)NCc1cccc(/C(N)=N/O)c1F. The summed E-state index contributed by atoms with van der Waals surface area (Å²) < 4.78 is 14.0.